The molecule has 1 saturated carbocycles. The highest BCUT2D eigenvalue weighted by atomic mass is 16.2. The summed E-state index contributed by atoms with van der Waals surface area (Å²) in [6, 6.07) is 10.5. The molecule has 6 nitrogen and oxygen atoms in total. The van der Waals surface area contributed by atoms with Crippen molar-refractivity contribution in [2.45, 2.75) is 36.8 Å². The zero-order chi connectivity index (χ0) is 18.9. The summed E-state index contributed by atoms with van der Waals surface area (Å²) < 4.78 is 0. The number of rotatable bonds is 4. The summed E-state index contributed by atoms with van der Waals surface area (Å²) in [5, 5.41) is 2.97. The second-order valence-electron chi connectivity index (χ2n) is 8.05. The number of benzene rings is 1. The zero-order valence-electron chi connectivity index (χ0n) is 16.3. The van der Waals surface area contributed by atoms with Crippen molar-refractivity contribution in [2.24, 2.45) is 0 Å². The van der Waals surface area contributed by atoms with Crippen LogP contribution in [0.15, 0.2) is 30.3 Å². The van der Waals surface area contributed by atoms with Crippen molar-refractivity contribution in [3.63, 3.8) is 0 Å². The first-order chi connectivity index (χ1) is 12.3. The summed E-state index contributed by atoms with van der Waals surface area (Å²) in [4.78, 5) is 30.3. The summed E-state index contributed by atoms with van der Waals surface area (Å²) >= 11 is 0. The number of carbonyl (C=O) groups is 2. The molecule has 0 aromatic heterocycles. The maximum atomic E-state index is 12.4. The Morgan fingerprint density at radius 2 is 1.69 bits per heavy atom. The number of amides is 3. The number of nitrogens with zero attached hydrogens (tertiary/aromatic N) is 3. The van der Waals surface area contributed by atoms with Crippen LogP contribution in [-0.4, -0.2) is 73.5 Å². The fourth-order valence-electron chi connectivity index (χ4n) is 4.48. The molecule has 0 radical (unpaired) electrons. The van der Waals surface area contributed by atoms with Gasteiger partial charge in [-0.3, -0.25) is 9.69 Å². The highest BCUT2D eigenvalue weighted by molar-refractivity contribution is 5.85. The van der Waals surface area contributed by atoms with E-state index >= 15 is 0 Å². The first-order valence-corrected chi connectivity index (χ1v) is 9.29. The smallest absolute Gasteiger partial charge is 0.318 e. The van der Waals surface area contributed by atoms with E-state index in [1.807, 2.05) is 6.07 Å². The Labute approximate surface area is 156 Å². The third-order valence-corrected chi connectivity index (χ3v) is 6.35. The van der Waals surface area contributed by atoms with Gasteiger partial charge in [-0.2, -0.15) is 0 Å². The van der Waals surface area contributed by atoms with Crippen molar-refractivity contribution in [2.75, 3.05) is 41.3 Å². The Morgan fingerprint density at radius 1 is 1.08 bits per heavy atom. The molecule has 1 N–H and O–H groups in total. The third kappa shape index (κ3) is 3.07. The normalized spacial score (nSPS) is 28.5. The molecule has 1 spiro atoms. The van der Waals surface area contributed by atoms with E-state index in [1.165, 1.54) is 5.56 Å². The van der Waals surface area contributed by atoms with Gasteiger partial charge in [-0.05, 0) is 45.3 Å². The predicted octanol–water partition coefficient (Wildman–Crippen LogP) is 1.87. The van der Waals surface area contributed by atoms with Crippen LogP contribution in [0, 0.1) is 0 Å². The van der Waals surface area contributed by atoms with Crippen molar-refractivity contribution in [3.8, 4) is 0 Å². The van der Waals surface area contributed by atoms with Crippen LogP contribution in [-0.2, 0) is 10.3 Å². The zero-order valence-corrected chi connectivity index (χ0v) is 16.3. The largest absolute Gasteiger partial charge is 0.347 e. The lowest BCUT2D eigenvalue weighted by Crippen LogP contribution is -2.57. The molecule has 1 saturated heterocycles. The molecular weight excluding hydrogens is 328 g/mol. The maximum Gasteiger partial charge on any atom is 0.318 e. The quantitative estimate of drug-likeness (QED) is 0.894. The molecule has 0 atom stereocenters. The predicted molar refractivity (Wildman–Crippen MR) is 102 cm³/mol. The Hall–Kier alpha value is -2.08. The number of likely N-dealkylation sites (N-methyl/N-ethyl adjacent to an activating group) is 1. The third-order valence-electron chi connectivity index (χ3n) is 6.35. The first kappa shape index (κ1) is 18.7. The summed E-state index contributed by atoms with van der Waals surface area (Å²) in [6.07, 6.45) is 3.70. The molecule has 6 heteroatoms. The summed E-state index contributed by atoms with van der Waals surface area (Å²) in [5.74, 6) is -0.0334. The molecule has 1 aliphatic carbocycles. The van der Waals surface area contributed by atoms with Gasteiger partial charge in [0.1, 0.15) is 6.54 Å². The number of hydrogen-bond donors (Lipinski definition) is 1. The Bertz CT molecular complexity index is 664. The SMILES string of the molecule is CN(C)C(=O)CN1C(=O)NC[C@]12CC[C@@](c1ccccc1)(N(C)C)CC2. The summed E-state index contributed by atoms with van der Waals surface area (Å²) in [5.41, 5.74) is 1.06. The Morgan fingerprint density at radius 3 is 2.23 bits per heavy atom. The molecule has 0 unspecified atom stereocenters. The standard InChI is InChI=1S/C20H30N4O2/c1-22(2)17(25)14-24-18(26)21-15-19(24)10-12-20(13-11-19,23(3)4)16-8-6-5-7-9-16/h5-9H,10-15H2,1-4H3,(H,21,26)/t19-,20-. The van der Waals surface area contributed by atoms with Gasteiger partial charge >= 0.3 is 6.03 Å². The van der Waals surface area contributed by atoms with Crippen LogP contribution in [0.25, 0.3) is 0 Å². The van der Waals surface area contributed by atoms with Crippen molar-refractivity contribution < 1.29 is 9.59 Å². The Kier molecular flexibility index (Phi) is 4.97. The molecule has 26 heavy (non-hydrogen) atoms. The van der Waals surface area contributed by atoms with Crippen LogP contribution in [0.2, 0.25) is 0 Å². The van der Waals surface area contributed by atoms with E-state index in [-0.39, 0.29) is 29.6 Å². The number of urea groups is 1. The lowest BCUT2D eigenvalue weighted by molar-refractivity contribution is -0.130. The lowest BCUT2D eigenvalue weighted by Gasteiger charge is -2.50. The topological polar surface area (TPSA) is 55.9 Å². The van der Waals surface area contributed by atoms with Gasteiger partial charge in [-0.1, -0.05) is 30.3 Å². The summed E-state index contributed by atoms with van der Waals surface area (Å²) in [6.45, 7) is 0.782. The molecule has 142 valence electrons. The minimum Gasteiger partial charge on any atom is -0.347 e. The van der Waals surface area contributed by atoms with E-state index in [0.717, 1.165) is 25.7 Å². The van der Waals surface area contributed by atoms with Gasteiger partial charge < -0.3 is 15.1 Å². The number of hydrogen-bond acceptors (Lipinski definition) is 3. The molecule has 2 aliphatic rings. The molecule has 3 rings (SSSR count). The fraction of sp³-hybridized carbons (Fsp3) is 0.600. The minimum absolute atomic E-state index is 0.0185. The molecule has 1 aliphatic heterocycles. The molecule has 0 bridgehead atoms. The average Bonchev–Trinajstić information content (AvgIpc) is 2.93. The summed E-state index contributed by atoms with van der Waals surface area (Å²) in [7, 11) is 7.74. The molecule has 1 aromatic carbocycles. The van der Waals surface area contributed by atoms with Gasteiger partial charge in [0.25, 0.3) is 0 Å². The van der Waals surface area contributed by atoms with Crippen LogP contribution >= 0.6 is 0 Å². The van der Waals surface area contributed by atoms with Gasteiger partial charge in [0.05, 0.1) is 5.54 Å². The van der Waals surface area contributed by atoms with Crippen LogP contribution in [0.4, 0.5) is 4.79 Å². The Balaban J connectivity index is 1.83. The van der Waals surface area contributed by atoms with Gasteiger partial charge in [-0.25, -0.2) is 4.79 Å². The molecule has 1 heterocycles. The first-order valence-electron chi connectivity index (χ1n) is 9.29. The van der Waals surface area contributed by atoms with Crippen molar-refractivity contribution in [1.82, 2.24) is 20.0 Å². The van der Waals surface area contributed by atoms with Crippen LogP contribution < -0.4 is 5.32 Å². The lowest BCUT2D eigenvalue weighted by atomic mass is 9.68. The maximum absolute atomic E-state index is 12.4. The second kappa shape index (κ2) is 6.91. The van der Waals surface area contributed by atoms with E-state index in [0.29, 0.717) is 6.54 Å². The van der Waals surface area contributed by atoms with Crippen LogP contribution in [0.3, 0.4) is 0 Å². The molecular formula is C20H30N4O2. The van der Waals surface area contributed by atoms with Crippen LogP contribution in [0.5, 0.6) is 0 Å². The fourth-order valence-corrected chi connectivity index (χ4v) is 4.48. The van der Waals surface area contributed by atoms with E-state index < -0.39 is 0 Å². The van der Waals surface area contributed by atoms with Crippen molar-refractivity contribution in [1.29, 1.82) is 0 Å². The van der Waals surface area contributed by atoms with Crippen molar-refractivity contribution >= 4 is 11.9 Å². The minimum atomic E-state index is -0.253. The molecule has 3 amide bonds. The van der Waals surface area contributed by atoms with Gasteiger partial charge in [0.2, 0.25) is 5.91 Å². The highest BCUT2D eigenvalue weighted by Crippen LogP contribution is 2.47. The van der Waals surface area contributed by atoms with E-state index in [1.54, 1.807) is 23.9 Å². The molecule has 2 fully saturated rings. The average molecular weight is 358 g/mol. The van der Waals surface area contributed by atoms with Gasteiger partial charge in [0.15, 0.2) is 0 Å². The number of carbonyl (C=O) groups excluding carboxylic acids is 2. The second-order valence-corrected chi connectivity index (χ2v) is 8.05. The monoisotopic (exact) mass is 358 g/mol. The van der Waals surface area contributed by atoms with Crippen molar-refractivity contribution in [3.05, 3.63) is 35.9 Å². The number of nitrogens with one attached hydrogen (secondary N) is 1. The van der Waals surface area contributed by atoms with E-state index in [9.17, 15) is 9.59 Å². The van der Waals surface area contributed by atoms with E-state index in [2.05, 4.69) is 48.6 Å². The molecule has 1 aromatic rings. The van der Waals surface area contributed by atoms with E-state index in [4.69, 9.17) is 0 Å². The van der Waals surface area contributed by atoms with Gasteiger partial charge in [-0.15, -0.1) is 0 Å². The van der Waals surface area contributed by atoms with Crippen LogP contribution in [0.1, 0.15) is 31.2 Å². The van der Waals surface area contributed by atoms with Gasteiger partial charge in [0, 0.05) is 26.2 Å². The highest BCUT2D eigenvalue weighted by Gasteiger charge is 2.52.